The molecule has 37 heavy (non-hydrogen) atoms. The third-order valence-electron chi connectivity index (χ3n) is 6.94. The summed E-state index contributed by atoms with van der Waals surface area (Å²) in [7, 11) is 0. The van der Waals surface area contributed by atoms with E-state index >= 15 is 0 Å². The van der Waals surface area contributed by atoms with E-state index < -0.39 is 0 Å². The average Bonchev–Trinajstić information content (AvgIpc) is 3.32. The summed E-state index contributed by atoms with van der Waals surface area (Å²) in [5, 5.41) is 10.1. The number of nitrogens with two attached hydrogens (primary N) is 1. The van der Waals surface area contributed by atoms with Gasteiger partial charge in [0, 0.05) is 55.2 Å². The zero-order chi connectivity index (χ0) is 25.4. The van der Waals surface area contributed by atoms with Gasteiger partial charge in [0.1, 0.15) is 5.82 Å². The number of morpholine rings is 1. The van der Waals surface area contributed by atoms with Gasteiger partial charge < -0.3 is 25.4 Å². The van der Waals surface area contributed by atoms with E-state index in [1.165, 1.54) is 5.56 Å². The van der Waals surface area contributed by atoms with E-state index in [4.69, 9.17) is 25.4 Å². The van der Waals surface area contributed by atoms with E-state index in [9.17, 15) is 5.11 Å². The number of rotatable bonds is 5. The molecule has 2 aliphatic heterocycles. The van der Waals surface area contributed by atoms with Gasteiger partial charge in [-0.1, -0.05) is 6.92 Å². The molecule has 4 aromatic rings. The van der Waals surface area contributed by atoms with Gasteiger partial charge in [-0.3, -0.25) is 0 Å². The fourth-order valence-electron chi connectivity index (χ4n) is 5.01. The number of aromatic nitrogens is 5. The van der Waals surface area contributed by atoms with E-state index in [-0.39, 0.29) is 12.1 Å². The number of piperidine rings is 1. The molecule has 0 aromatic carbocycles. The van der Waals surface area contributed by atoms with Gasteiger partial charge in [0.25, 0.3) is 0 Å². The third kappa shape index (κ3) is 4.70. The summed E-state index contributed by atoms with van der Waals surface area (Å²) in [6.45, 7) is 6.59. The first kappa shape index (κ1) is 24.0. The molecule has 0 saturated carbocycles. The maximum atomic E-state index is 10.1. The molecule has 2 fully saturated rings. The number of nitrogens with zero attached hydrogens (tertiary/aromatic N) is 7. The summed E-state index contributed by atoms with van der Waals surface area (Å²) >= 11 is 1.72. The molecule has 1 unspecified atom stereocenters. The Labute approximate surface area is 219 Å². The molecule has 3 N–H and O–H groups in total. The number of β-amino-alcohol motifs (C(OH)–C–C–N with tert-alkyl or cyclic N) is 1. The van der Waals surface area contributed by atoms with E-state index in [0.717, 1.165) is 76.8 Å². The molecule has 10 nitrogen and oxygen atoms in total. The molecule has 11 heteroatoms. The van der Waals surface area contributed by atoms with Crippen molar-refractivity contribution in [3.63, 3.8) is 0 Å². The number of pyridine rings is 1. The lowest BCUT2D eigenvalue weighted by Gasteiger charge is -2.31. The topological polar surface area (TPSA) is 126 Å². The van der Waals surface area contributed by atoms with Crippen molar-refractivity contribution in [2.75, 3.05) is 54.9 Å². The van der Waals surface area contributed by atoms with Crippen molar-refractivity contribution >= 4 is 39.1 Å². The van der Waals surface area contributed by atoms with Crippen molar-refractivity contribution in [2.24, 2.45) is 0 Å². The molecule has 0 radical (unpaired) electrons. The highest BCUT2D eigenvalue weighted by Crippen LogP contribution is 2.43. The molecule has 6 heterocycles. The van der Waals surface area contributed by atoms with Gasteiger partial charge in [-0.15, -0.1) is 11.3 Å². The highest BCUT2D eigenvalue weighted by atomic mass is 32.1. The summed E-state index contributed by atoms with van der Waals surface area (Å²) in [4.78, 5) is 28.7. The number of fused-ring (bicyclic) bond motifs is 1. The van der Waals surface area contributed by atoms with Crippen molar-refractivity contribution in [3.8, 4) is 21.8 Å². The number of anilines is 3. The predicted octanol–water partition coefficient (Wildman–Crippen LogP) is 3.15. The summed E-state index contributed by atoms with van der Waals surface area (Å²) in [6.07, 6.45) is 7.65. The Morgan fingerprint density at radius 1 is 1.03 bits per heavy atom. The lowest BCUT2D eigenvalue weighted by Crippen LogP contribution is -2.38. The van der Waals surface area contributed by atoms with Gasteiger partial charge >= 0.3 is 0 Å². The van der Waals surface area contributed by atoms with Crippen molar-refractivity contribution in [1.82, 2.24) is 24.9 Å². The van der Waals surface area contributed by atoms with Crippen LogP contribution in [-0.2, 0) is 11.2 Å². The predicted molar refractivity (Wildman–Crippen MR) is 146 cm³/mol. The van der Waals surface area contributed by atoms with Crippen LogP contribution in [0.1, 0.15) is 25.3 Å². The maximum Gasteiger partial charge on any atom is 0.219 e. The van der Waals surface area contributed by atoms with Crippen LogP contribution in [0.5, 0.6) is 0 Å². The number of aryl methyl sites for hydroxylation is 1. The highest BCUT2D eigenvalue weighted by molar-refractivity contribution is 7.23. The van der Waals surface area contributed by atoms with Gasteiger partial charge in [0.15, 0.2) is 11.6 Å². The van der Waals surface area contributed by atoms with Crippen LogP contribution in [0.3, 0.4) is 0 Å². The van der Waals surface area contributed by atoms with Crippen LogP contribution in [0.15, 0.2) is 30.7 Å². The second-order valence-corrected chi connectivity index (χ2v) is 10.4. The zero-order valence-corrected chi connectivity index (χ0v) is 21.6. The molecule has 0 spiro atoms. The van der Waals surface area contributed by atoms with Crippen LogP contribution in [0.4, 0.5) is 17.6 Å². The van der Waals surface area contributed by atoms with Crippen LogP contribution in [0.25, 0.3) is 32.0 Å². The molecule has 0 amide bonds. The zero-order valence-electron chi connectivity index (χ0n) is 20.8. The standard InChI is InChI=1S/C26H30N8O2S/c1-2-19-21-23(37-22(19)16-5-6-20(28-12-16)34-7-3-4-18(35)15-34)25(33-8-10-36-11-9-33)32-24(31-21)17-13-29-26(27)30-14-17/h5-6,12-14,18,35H,2-4,7-11,15H2,1H3,(H2,27,29,30). The summed E-state index contributed by atoms with van der Waals surface area (Å²) in [5.74, 6) is 2.63. The van der Waals surface area contributed by atoms with Crippen LogP contribution < -0.4 is 15.5 Å². The number of hydrogen-bond acceptors (Lipinski definition) is 11. The summed E-state index contributed by atoms with van der Waals surface area (Å²) < 4.78 is 6.67. The quantitative estimate of drug-likeness (QED) is 0.407. The first-order valence-electron chi connectivity index (χ1n) is 12.7. The number of hydrogen-bond donors (Lipinski definition) is 2. The Kier molecular flexibility index (Phi) is 6.58. The first-order chi connectivity index (χ1) is 18.1. The second kappa shape index (κ2) is 10.2. The largest absolute Gasteiger partial charge is 0.391 e. The highest BCUT2D eigenvalue weighted by Gasteiger charge is 2.24. The molecule has 192 valence electrons. The molecule has 0 aliphatic carbocycles. The van der Waals surface area contributed by atoms with Gasteiger partial charge in [-0.25, -0.2) is 24.9 Å². The Morgan fingerprint density at radius 3 is 2.51 bits per heavy atom. The fraction of sp³-hybridized carbons (Fsp3) is 0.423. The Morgan fingerprint density at radius 2 is 1.81 bits per heavy atom. The van der Waals surface area contributed by atoms with Gasteiger partial charge in [-0.2, -0.15) is 0 Å². The fourth-order valence-corrected chi connectivity index (χ4v) is 6.35. The molecule has 6 rings (SSSR count). The van der Waals surface area contributed by atoms with Crippen LogP contribution in [0.2, 0.25) is 0 Å². The minimum atomic E-state index is -0.289. The molecule has 1 atom stereocenters. The second-order valence-electron chi connectivity index (χ2n) is 9.39. The lowest BCUT2D eigenvalue weighted by atomic mass is 10.1. The van der Waals surface area contributed by atoms with Crippen molar-refractivity contribution in [3.05, 3.63) is 36.3 Å². The number of aliphatic hydroxyl groups excluding tert-OH is 1. The molecule has 2 aliphatic rings. The number of thiophene rings is 1. The van der Waals surface area contributed by atoms with Gasteiger partial charge in [0.2, 0.25) is 5.95 Å². The molecular formula is C26H30N8O2S. The van der Waals surface area contributed by atoms with Crippen molar-refractivity contribution in [2.45, 2.75) is 32.3 Å². The normalized spacial score (nSPS) is 18.5. The van der Waals surface area contributed by atoms with E-state index in [2.05, 4.69) is 38.8 Å². The van der Waals surface area contributed by atoms with Crippen LogP contribution in [0, 0.1) is 0 Å². The monoisotopic (exact) mass is 518 g/mol. The molecule has 0 bridgehead atoms. The lowest BCUT2D eigenvalue weighted by molar-refractivity contribution is 0.122. The minimum Gasteiger partial charge on any atom is -0.391 e. The van der Waals surface area contributed by atoms with Crippen molar-refractivity contribution in [1.29, 1.82) is 0 Å². The Balaban J connectivity index is 1.45. The molecule has 4 aromatic heterocycles. The first-order valence-corrected chi connectivity index (χ1v) is 13.6. The third-order valence-corrected chi connectivity index (χ3v) is 8.20. The Bertz CT molecular complexity index is 1390. The van der Waals surface area contributed by atoms with E-state index in [0.29, 0.717) is 25.6 Å². The average molecular weight is 519 g/mol. The molecule has 2 saturated heterocycles. The van der Waals surface area contributed by atoms with E-state index in [1.54, 1.807) is 23.7 Å². The smallest absolute Gasteiger partial charge is 0.219 e. The SMILES string of the molecule is CCc1c(-c2ccc(N3CCCC(O)C3)nc2)sc2c(N3CCOCC3)nc(-c3cnc(N)nc3)nc12. The summed E-state index contributed by atoms with van der Waals surface area (Å²) in [5.41, 5.74) is 9.64. The number of nitrogen functional groups attached to an aromatic ring is 1. The van der Waals surface area contributed by atoms with Crippen LogP contribution >= 0.6 is 11.3 Å². The van der Waals surface area contributed by atoms with Gasteiger partial charge in [-0.05, 0) is 37.0 Å². The minimum absolute atomic E-state index is 0.223. The number of aliphatic hydroxyl groups is 1. The number of ether oxygens (including phenoxy) is 1. The summed E-state index contributed by atoms with van der Waals surface area (Å²) in [6, 6.07) is 4.19. The molecular weight excluding hydrogens is 488 g/mol. The van der Waals surface area contributed by atoms with Gasteiger partial charge in [0.05, 0.1) is 35.1 Å². The van der Waals surface area contributed by atoms with E-state index in [1.807, 2.05) is 6.20 Å². The van der Waals surface area contributed by atoms with Crippen LogP contribution in [-0.4, -0.2) is 75.5 Å². The Hall–Kier alpha value is -3.41. The maximum absolute atomic E-state index is 10.1. The van der Waals surface area contributed by atoms with Crippen molar-refractivity contribution < 1.29 is 9.84 Å².